The number of nitrogens with one attached hydrogen (secondary N) is 1. The van der Waals surface area contributed by atoms with Gasteiger partial charge in [-0.1, -0.05) is 16.8 Å². The van der Waals surface area contributed by atoms with Gasteiger partial charge in [0.2, 0.25) is 0 Å². The fourth-order valence-electron chi connectivity index (χ4n) is 1.28. The summed E-state index contributed by atoms with van der Waals surface area (Å²) in [6, 6.07) is -0.225. The van der Waals surface area contributed by atoms with Crippen molar-refractivity contribution < 1.29 is 10.0 Å². The van der Waals surface area contributed by atoms with E-state index in [4.69, 9.17) is 22.5 Å². The van der Waals surface area contributed by atoms with E-state index in [1.807, 2.05) is 12.3 Å². The van der Waals surface area contributed by atoms with Crippen molar-refractivity contribution in [1.29, 1.82) is 0 Å². The highest BCUT2D eigenvalue weighted by Crippen LogP contribution is 2.26. The Morgan fingerprint density at radius 2 is 2.41 bits per heavy atom. The molecule has 1 aromatic rings. The van der Waals surface area contributed by atoms with Crippen LogP contribution in [0, 0.1) is 6.92 Å². The molecule has 1 rings (SSSR count). The van der Waals surface area contributed by atoms with E-state index in [1.165, 1.54) is 11.3 Å². The Hall–Kier alpha value is -1.27. The third kappa shape index (κ3) is 3.61. The number of halogens is 1. The number of thiophene rings is 1. The Morgan fingerprint density at radius 1 is 1.76 bits per heavy atom. The van der Waals surface area contributed by atoms with Gasteiger partial charge in [-0.15, -0.1) is 11.3 Å². The monoisotopic (exact) mass is 275 g/mol. The number of nitrogens with zero attached hydrogens (tertiary/aromatic N) is 1. The molecule has 0 aromatic carbocycles. The van der Waals surface area contributed by atoms with Gasteiger partial charge in [0.25, 0.3) is 5.91 Å². The molecular weight excluding hydrogens is 262 g/mol. The first-order valence-corrected chi connectivity index (χ1v) is 6.22. The molecule has 0 aliphatic carbocycles. The molecule has 7 heteroatoms. The number of amides is 1. The van der Waals surface area contributed by atoms with Crippen molar-refractivity contribution in [2.24, 2.45) is 10.9 Å². The van der Waals surface area contributed by atoms with Gasteiger partial charge in [0.1, 0.15) is 10.7 Å². The summed E-state index contributed by atoms with van der Waals surface area (Å²) in [5.74, 6) is -0.169. The van der Waals surface area contributed by atoms with E-state index in [2.05, 4.69) is 10.5 Å². The molecule has 17 heavy (non-hydrogen) atoms. The van der Waals surface area contributed by atoms with E-state index in [-0.39, 0.29) is 24.2 Å². The number of oxime groups is 1. The van der Waals surface area contributed by atoms with E-state index in [0.29, 0.717) is 9.90 Å². The van der Waals surface area contributed by atoms with E-state index in [1.54, 1.807) is 6.92 Å². The maximum atomic E-state index is 11.8. The molecule has 5 nitrogen and oxygen atoms in total. The van der Waals surface area contributed by atoms with Gasteiger partial charge < -0.3 is 16.3 Å². The van der Waals surface area contributed by atoms with Gasteiger partial charge in [-0.25, -0.2) is 0 Å². The smallest absolute Gasteiger partial charge is 0.263 e. The molecule has 0 saturated carbocycles. The van der Waals surface area contributed by atoms with Gasteiger partial charge in [-0.2, -0.15) is 0 Å². The fraction of sp³-hybridized carbons (Fsp3) is 0.400. The maximum Gasteiger partial charge on any atom is 0.263 e. The summed E-state index contributed by atoms with van der Waals surface area (Å²) in [7, 11) is 0. The number of carbonyl (C=O) groups is 1. The average Bonchev–Trinajstić information content (AvgIpc) is 2.59. The van der Waals surface area contributed by atoms with Crippen LogP contribution < -0.4 is 11.1 Å². The van der Waals surface area contributed by atoms with Crippen LogP contribution in [0.25, 0.3) is 0 Å². The Morgan fingerprint density at radius 3 is 2.88 bits per heavy atom. The van der Waals surface area contributed by atoms with Crippen LogP contribution in [-0.2, 0) is 0 Å². The molecule has 1 unspecified atom stereocenters. The first-order chi connectivity index (χ1) is 7.95. The van der Waals surface area contributed by atoms with Crippen LogP contribution >= 0.6 is 22.9 Å². The van der Waals surface area contributed by atoms with Crippen LogP contribution in [-0.4, -0.2) is 23.0 Å². The Balaban J connectivity index is 2.64. The number of carbonyl (C=O) groups excluding carboxylic acids is 1. The van der Waals surface area contributed by atoms with E-state index in [0.717, 1.165) is 5.56 Å². The Bertz CT molecular complexity index is 445. The molecule has 1 amide bonds. The molecule has 0 spiro atoms. The normalized spacial score (nSPS) is 13.5. The molecule has 0 aliphatic rings. The van der Waals surface area contributed by atoms with Crippen molar-refractivity contribution in [3.8, 4) is 0 Å². The molecule has 1 atom stereocenters. The number of hydrogen-bond donors (Lipinski definition) is 3. The number of rotatable bonds is 4. The molecular formula is C10H14ClN3O2S. The zero-order chi connectivity index (χ0) is 13.0. The third-order valence-electron chi connectivity index (χ3n) is 2.13. The van der Waals surface area contributed by atoms with Crippen LogP contribution in [0.5, 0.6) is 0 Å². The molecule has 4 N–H and O–H groups in total. The van der Waals surface area contributed by atoms with Gasteiger partial charge in [0.05, 0.1) is 5.02 Å². The van der Waals surface area contributed by atoms with Gasteiger partial charge in [0, 0.05) is 12.5 Å². The van der Waals surface area contributed by atoms with Crippen molar-refractivity contribution in [3.63, 3.8) is 0 Å². The van der Waals surface area contributed by atoms with E-state index < -0.39 is 0 Å². The van der Waals surface area contributed by atoms with Gasteiger partial charge in [0.15, 0.2) is 0 Å². The zero-order valence-electron chi connectivity index (χ0n) is 9.53. The number of amidine groups is 1. The van der Waals surface area contributed by atoms with Crippen LogP contribution in [0.1, 0.15) is 28.6 Å². The van der Waals surface area contributed by atoms with Gasteiger partial charge in [-0.05, 0) is 24.8 Å². The summed E-state index contributed by atoms with van der Waals surface area (Å²) in [5, 5.41) is 16.3. The van der Waals surface area contributed by atoms with Crippen molar-refractivity contribution in [3.05, 3.63) is 20.8 Å². The number of aryl methyl sites for hydroxylation is 1. The Labute approximate surface area is 108 Å². The highest BCUT2D eigenvalue weighted by molar-refractivity contribution is 7.13. The number of nitrogens with two attached hydrogens (primary N) is 1. The van der Waals surface area contributed by atoms with Gasteiger partial charge >= 0.3 is 0 Å². The standard InChI is InChI=1S/C10H14ClN3O2S/c1-5-4-17-9(8(5)11)10(15)13-6(2)3-7(12)14-16/h4,6,16H,3H2,1-2H3,(H2,12,14)(H,13,15). The second kappa shape index (κ2) is 5.88. The second-order valence-electron chi connectivity index (χ2n) is 3.73. The van der Waals surface area contributed by atoms with Crippen LogP contribution in [0.3, 0.4) is 0 Å². The van der Waals surface area contributed by atoms with Crippen molar-refractivity contribution in [1.82, 2.24) is 5.32 Å². The summed E-state index contributed by atoms with van der Waals surface area (Å²) >= 11 is 7.28. The molecule has 0 aliphatic heterocycles. The van der Waals surface area contributed by atoms with Crippen LogP contribution in [0.4, 0.5) is 0 Å². The van der Waals surface area contributed by atoms with Crippen molar-refractivity contribution >= 4 is 34.7 Å². The first kappa shape index (κ1) is 13.8. The Kier molecular flexibility index (Phi) is 4.77. The molecule has 0 saturated heterocycles. The number of hydrogen-bond acceptors (Lipinski definition) is 4. The van der Waals surface area contributed by atoms with E-state index in [9.17, 15) is 4.79 Å². The third-order valence-corrected chi connectivity index (χ3v) is 3.82. The predicted molar refractivity (Wildman–Crippen MR) is 69.0 cm³/mol. The molecule has 0 radical (unpaired) electrons. The lowest BCUT2D eigenvalue weighted by Crippen LogP contribution is -2.35. The summed E-state index contributed by atoms with van der Waals surface area (Å²) in [6.45, 7) is 3.61. The lowest BCUT2D eigenvalue weighted by Gasteiger charge is -2.12. The highest BCUT2D eigenvalue weighted by Gasteiger charge is 2.16. The van der Waals surface area contributed by atoms with Crippen molar-refractivity contribution in [2.75, 3.05) is 0 Å². The molecule has 0 fully saturated rings. The second-order valence-corrected chi connectivity index (χ2v) is 4.99. The van der Waals surface area contributed by atoms with Crippen molar-refractivity contribution in [2.45, 2.75) is 26.3 Å². The lowest BCUT2D eigenvalue weighted by molar-refractivity contribution is 0.0945. The van der Waals surface area contributed by atoms with Crippen LogP contribution in [0.2, 0.25) is 5.02 Å². The largest absolute Gasteiger partial charge is 0.409 e. The molecule has 1 heterocycles. The van der Waals surface area contributed by atoms with Crippen LogP contribution in [0.15, 0.2) is 10.5 Å². The minimum absolute atomic E-state index is 0.0752. The summed E-state index contributed by atoms with van der Waals surface area (Å²) < 4.78 is 0. The summed E-state index contributed by atoms with van der Waals surface area (Å²) in [4.78, 5) is 12.3. The molecule has 0 bridgehead atoms. The average molecular weight is 276 g/mol. The quantitative estimate of drug-likeness (QED) is 0.340. The summed E-state index contributed by atoms with van der Waals surface area (Å²) in [6.07, 6.45) is 0.282. The topological polar surface area (TPSA) is 87.7 Å². The van der Waals surface area contributed by atoms with Gasteiger partial charge in [-0.3, -0.25) is 4.79 Å². The molecule has 1 aromatic heterocycles. The van der Waals surface area contributed by atoms with E-state index >= 15 is 0 Å². The lowest BCUT2D eigenvalue weighted by atomic mass is 10.2. The predicted octanol–water partition coefficient (Wildman–Crippen LogP) is 1.96. The SMILES string of the molecule is Cc1csc(C(=O)NC(C)C/C(N)=N/O)c1Cl. The first-order valence-electron chi connectivity index (χ1n) is 4.96. The maximum absolute atomic E-state index is 11.8. The summed E-state index contributed by atoms with van der Waals surface area (Å²) in [5.41, 5.74) is 6.23. The molecule has 94 valence electrons. The highest BCUT2D eigenvalue weighted by atomic mass is 35.5. The minimum atomic E-state index is -0.244. The fourth-order valence-corrected chi connectivity index (χ4v) is 2.46. The minimum Gasteiger partial charge on any atom is -0.409 e. The zero-order valence-corrected chi connectivity index (χ0v) is 11.1.